The Morgan fingerprint density at radius 3 is 1.18 bits per heavy atom. The first-order chi connectivity index (χ1) is 12.7. The van der Waals surface area contributed by atoms with Crippen LogP contribution >= 0.6 is 30.4 Å². The minimum atomic E-state index is -5.43. The third kappa shape index (κ3) is 5.29. The van der Waals surface area contributed by atoms with E-state index in [0.717, 1.165) is 40.6 Å². The minimum absolute atomic E-state index is 0.391. The van der Waals surface area contributed by atoms with Crippen LogP contribution < -0.4 is 0 Å². The molecule has 1 rings (SSSR count). The van der Waals surface area contributed by atoms with Crippen LogP contribution in [-0.4, -0.2) is 48.0 Å². The predicted molar refractivity (Wildman–Crippen MR) is 99.3 cm³/mol. The van der Waals surface area contributed by atoms with Crippen LogP contribution in [0.3, 0.4) is 0 Å². The number of hydrogen-bond acceptors (Lipinski definition) is 8. The first-order valence-electron chi connectivity index (χ1n) is 7.33. The molecule has 16 heteroatoms. The summed E-state index contributed by atoms with van der Waals surface area (Å²) in [5.74, 6) is 0. The maximum atomic E-state index is 13.1. The Bertz CT molecular complexity index is 809. The maximum Gasteiger partial charge on any atom is 0.349 e. The molecule has 0 aliphatic carbocycles. The molecular formula is C12H22O12P4. The van der Waals surface area contributed by atoms with Crippen molar-refractivity contribution in [2.24, 2.45) is 0 Å². The lowest BCUT2D eigenvalue weighted by Gasteiger charge is -2.32. The van der Waals surface area contributed by atoms with Crippen LogP contribution in [0, 0.1) is 0 Å². The molecule has 0 radical (unpaired) electrons. The highest BCUT2D eigenvalue weighted by Gasteiger charge is 2.54. The van der Waals surface area contributed by atoms with E-state index in [-0.39, 0.29) is 0 Å². The Kier molecular flexibility index (Phi) is 8.60. The molecule has 0 atom stereocenters. The summed E-state index contributed by atoms with van der Waals surface area (Å²) >= 11 is 0. The molecule has 1 aromatic rings. The lowest BCUT2D eigenvalue weighted by Crippen LogP contribution is -2.12. The maximum absolute atomic E-state index is 13.1. The Labute approximate surface area is 161 Å². The molecule has 28 heavy (non-hydrogen) atoms. The Morgan fingerprint density at radius 2 is 0.929 bits per heavy atom. The molecule has 0 saturated heterocycles. The molecule has 0 bridgehead atoms. The highest BCUT2D eigenvalue weighted by atomic mass is 31.2. The van der Waals surface area contributed by atoms with Gasteiger partial charge < -0.3 is 37.7 Å². The zero-order valence-electron chi connectivity index (χ0n) is 15.3. The molecule has 12 nitrogen and oxygen atoms in total. The molecule has 1 aromatic carbocycles. The van der Waals surface area contributed by atoms with Gasteiger partial charge >= 0.3 is 30.4 Å². The highest BCUT2D eigenvalue weighted by molar-refractivity contribution is 7.72. The first kappa shape index (κ1) is 25.9. The molecule has 0 aromatic heterocycles. The molecule has 0 aliphatic rings. The quantitative estimate of drug-likeness (QED) is 0.358. The van der Waals surface area contributed by atoms with Crippen molar-refractivity contribution in [1.82, 2.24) is 0 Å². The fourth-order valence-electron chi connectivity index (χ4n) is 2.60. The number of hydrogen-bond donors (Lipinski definition) is 4. The van der Waals surface area contributed by atoms with Crippen LogP contribution in [0.1, 0.15) is 21.9 Å². The monoisotopic (exact) mass is 482 g/mol. The van der Waals surface area contributed by atoms with Crippen LogP contribution in [0.4, 0.5) is 0 Å². The topological polar surface area (TPSA) is 186 Å². The molecule has 162 valence electrons. The highest BCUT2D eigenvalue weighted by Crippen LogP contribution is 2.80. The van der Waals surface area contributed by atoms with Gasteiger partial charge in [-0.2, -0.15) is 0 Å². The zero-order chi connectivity index (χ0) is 22.0. The second-order valence-electron chi connectivity index (χ2n) is 5.36. The van der Waals surface area contributed by atoms with Gasteiger partial charge in [0, 0.05) is 28.4 Å². The number of rotatable bonds is 10. The van der Waals surface area contributed by atoms with Gasteiger partial charge in [-0.3, -0.25) is 18.3 Å². The molecule has 0 saturated carbocycles. The van der Waals surface area contributed by atoms with Crippen LogP contribution in [-0.2, 0) is 36.4 Å². The molecule has 0 heterocycles. The summed E-state index contributed by atoms with van der Waals surface area (Å²) in [6.45, 7) is 0. The van der Waals surface area contributed by atoms with Crippen molar-refractivity contribution < 1.29 is 55.9 Å². The van der Waals surface area contributed by atoms with Crippen molar-refractivity contribution in [3.05, 3.63) is 35.4 Å². The van der Waals surface area contributed by atoms with E-state index in [1.165, 1.54) is 12.1 Å². The van der Waals surface area contributed by atoms with E-state index >= 15 is 0 Å². The Morgan fingerprint density at radius 1 is 0.643 bits per heavy atom. The van der Waals surface area contributed by atoms with Gasteiger partial charge in [0.05, 0.1) is 0 Å². The average molecular weight is 482 g/mol. The molecule has 4 N–H and O–H groups in total. The van der Waals surface area contributed by atoms with E-state index in [2.05, 4.69) is 0 Å². The number of benzene rings is 1. The molecule has 0 spiro atoms. The fourth-order valence-corrected chi connectivity index (χ4v) is 10.1. The van der Waals surface area contributed by atoms with Gasteiger partial charge in [0.1, 0.15) is 0 Å². The Hall–Kier alpha value is -0.180. The first-order valence-corrected chi connectivity index (χ1v) is 13.9. The van der Waals surface area contributed by atoms with Crippen molar-refractivity contribution in [3.63, 3.8) is 0 Å². The summed E-state index contributed by atoms with van der Waals surface area (Å²) in [5, 5.41) is -4.50. The van der Waals surface area contributed by atoms with Gasteiger partial charge in [0.15, 0.2) is 10.8 Å². The molecular weight excluding hydrogens is 460 g/mol. The molecule has 0 fully saturated rings. The second-order valence-corrected chi connectivity index (χ2v) is 14.2. The van der Waals surface area contributed by atoms with Crippen molar-refractivity contribution >= 4 is 30.4 Å². The molecule has 0 aliphatic heterocycles. The van der Waals surface area contributed by atoms with Crippen molar-refractivity contribution in [3.8, 4) is 0 Å². The second kappa shape index (κ2) is 9.31. The Balaban J connectivity index is 4.00. The van der Waals surface area contributed by atoms with Gasteiger partial charge in [-0.15, -0.1) is 0 Å². The summed E-state index contributed by atoms with van der Waals surface area (Å²) in [6.07, 6.45) is 0. The van der Waals surface area contributed by atoms with Gasteiger partial charge in [0.2, 0.25) is 0 Å². The van der Waals surface area contributed by atoms with Crippen LogP contribution in [0.25, 0.3) is 0 Å². The van der Waals surface area contributed by atoms with E-state index < -0.39 is 52.3 Å². The molecule has 0 amide bonds. The van der Waals surface area contributed by atoms with Gasteiger partial charge in [-0.05, 0) is 11.1 Å². The minimum Gasteiger partial charge on any atom is -0.324 e. The van der Waals surface area contributed by atoms with E-state index in [0.29, 0.717) is 0 Å². The van der Waals surface area contributed by atoms with Gasteiger partial charge in [-0.25, -0.2) is 0 Å². The smallest absolute Gasteiger partial charge is 0.324 e. The lowest BCUT2D eigenvalue weighted by molar-refractivity contribution is 0.247. The van der Waals surface area contributed by atoms with E-state index in [9.17, 15) is 37.8 Å². The van der Waals surface area contributed by atoms with Crippen molar-refractivity contribution in [1.29, 1.82) is 0 Å². The largest absolute Gasteiger partial charge is 0.349 e. The normalized spacial score (nSPS) is 14.1. The average Bonchev–Trinajstić information content (AvgIpc) is 2.60. The van der Waals surface area contributed by atoms with Crippen LogP contribution in [0.2, 0.25) is 0 Å². The fraction of sp³-hybridized carbons (Fsp3) is 0.500. The zero-order valence-corrected chi connectivity index (χ0v) is 18.9. The van der Waals surface area contributed by atoms with Crippen LogP contribution in [0.15, 0.2) is 24.3 Å². The summed E-state index contributed by atoms with van der Waals surface area (Å²) < 4.78 is 69.5. The standard InChI is InChI=1S/C12H22O12P4/c1-21-27(19,22-2)12(28(20,23-3)24-4)10-8-6-5-7-9(10)11(25(13,14)15)26(16,17)18/h5-8,11-12H,1-4H3,(H2,13,14,15)(H2,16,17,18). The van der Waals surface area contributed by atoms with Crippen molar-refractivity contribution in [2.75, 3.05) is 28.4 Å². The summed E-state index contributed by atoms with van der Waals surface area (Å²) in [4.78, 5) is 38.3. The lowest BCUT2D eigenvalue weighted by atomic mass is 10.1. The van der Waals surface area contributed by atoms with Gasteiger partial charge in [0.25, 0.3) is 0 Å². The van der Waals surface area contributed by atoms with Crippen molar-refractivity contribution in [2.45, 2.75) is 10.8 Å². The van der Waals surface area contributed by atoms with E-state index in [1.54, 1.807) is 0 Å². The predicted octanol–water partition coefficient (Wildman–Crippen LogP) is 3.01. The van der Waals surface area contributed by atoms with E-state index in [1.807, 2.05) is 0 Å². The van der Waals surface area contributed by atoms with Crippen LogP contribution in [0.5, 0.6) is 0 Å². The summed E-state index contributed by atoms with van der Waals surface area (Å²) in [7, 11) is -15.7. The molecule has 0 unspecified atom stereocenters. The summed E-state index contributed by atoms with van der Waals surface area (Å²) in [6, 6.07) is 4.67. The van der Waals surface area contributed by atoms with Gasteiger partial charge in [-0.1, -0.05) is 24.3 Å². The third-order valence-corrected chi connectivity index (χ3v) is 12.9. The third-order valence-electron chi connectivity index (χ3n) is 3.81. The summed E-state index contributed by atoms with van der Waals surface area (Å²) in [5.41, 5.74) is -0.990. The van der Waals surface area contributed by atoms with E-state index in [4.69, 9.17) is 18.1 Å². The SMILES string of the molecule is COP(=O)(OC)C(c1ccccc1C(P(=O)(O)O)P(=O)(O)O)P(=O)(OC)OC.